The predicted octanol–water partition coefficient (Wildman–Crippen LogP) is 4.65. The van der Waals surface area contributed by atoms with Gasteiger partial charge in [-0.1, -0.05) is 18.2 Å². The van der Waals surface area contributed by atoms with E-state index < -0.39 is 0 Å². The van der Waals surface area contributed by atoms with Gasteiger partial charge in [-0.3, -0.25) is 0 Å². The summed E-state index contributed by atoms with van der Waals surface area (Å²) in [6.45, 7) is 4.56. The van der Waals surface area contributed by atoms with Crippen molar-refractivity contribution in [1.82, 2.24) is 4.57 Å². The predicted molar refractivity (Wildman–Crippen MR) is 103 cm³/mol. The van der Waals surface area contributed by atoms with Crippen LogP contribution in [0.25, 0.3) is 11.3 Å². The largest absolute Gasteiger partial charge is 0.497 e. The van der Waals surface area contributed by atoms with Gasteiger partial charge in [-0.15, -0.1) is 17.9 Å². The molecule has 0 atom stereocenters. The van der Waals surface area contributed by atoms with Crippen LogP contribution in [-0.4, -0.2) is 18.8 Å². The highest BCUT2D eigenvalue weighted by molar-refractivity contribution is 7.07. The van der Waals surface area contributed by atoms with Crippen LogP contribution in [0.4, 0.5) is 5.69 Å². The van der Waals surface area contributed by atoms with E-state index in [9.17, 15) is 0 Å². The molecule has 0 saturated carbocycles. The molecule has 0 unspecified atom stereocenters. The van der Waals surface area contributed by atoms with Gasteiger partial charge in [0, 0.05) is 11.9 Å². The summed E-state index contributed by atoms with van der Waals surface area (Å²) in [5.74, 6) is 1.60. The molecule has 1 heterocycles. The fourth-order valence-electron chi connectivity index (χ4n) is 2.54. The Morgan fingerprint density at radius 3 is 2.52 bits per heavy atom. The zero-order chi connectivity index (χ0) is 17.6. The first-order valence-corrected chi connectivity index (χ1v) is 8.76. The van der Waals surface area contributed by atoms with Crippen LogP contribution in [-0.2, 0) is 6.54 Å². The molecule has 0 N–H and O–H groups in total. The lowest BCUT2D eigenvalue weighted by Gasteiger charge is -2.08. The first-order chi connectivity index (χ1) is 12.3. The average molecular weight is 352 g/mol. The molecular formula is C20H20N2O2S. The SMILES string of the molecule is C=CCn1c(-c2ccc(OC)cc2)csc1=Nc1ccccc1OC. The number of nitrogens with zero attached hydrogens (tertiary/aromatic N) is 2. The second-order valence-corrected chi connectivity index (χ2v) is 6.15. The first kappa shape index (κ1) is 17.0. The Bertz CT molecular complexity index is 923. The number of methoxy groups -OCH3 is 2. The minimum absolute atomic E-state index is 0.679. The number of benzene rings is 2. The number of para-hydroxylation sites is 2. The minimum atomic E-state index is 0.679. The Kier molecular flexibility index (Phi) is 5.36. The van der Waals surface area contributed by atoms with Crippen LogP contribution in [0, 0.1) is 0 Å². The van der Waals surface area contributed by atoms with Crippen LogP contribution in [0.2, 0.25) is 0 Å². The van der Waals surface area contributed by atoms with E-state index in [1.807, 2.05) is 54.6 Å². The lowest BCUT2D eigenvalue weighted by atomic mass is 10.1. The number of aromatic nitrogens is 1. The highest BCUT2D eigenvalue weighted by Gasteiger charge is 2.08. The van der Waals surface area contributed by atoms with Crippen molar-refractivity contribution in [3.05, 3.63) is 71.4 Å². The lowest BCUT2D eigenvalue weighted by molar-refractivity contribution is 0.415. The van der Waals surface area contributed by atoms with Crippen molar-refractivity contribution in [1.29, 1.82) is 0 Å². The van der Waals surface area contributed by atoms with E-state index in [0.29, 0.717) is 6.54 Å². The topological polar surface area (TPSA) is 35.8 Å². The first-order valence-electron chi connectivity index (χ1n) is 7.88. The van der Waals surface area contributed by atoms with E-state index in [4.69, 9.17) is 14.5 Å². The number of hydrogen-bond donors (Lipinski definition) is 0. The summed E-state index contributed by atoms with van der Waals surface area (Å²) in [6.07, 6.45) is 1.88. The van der Waals surface area contributed by atoms with Crippen molar-refractivity contribution >= 4 is 17.0 Å². The van der Waals surface area contributed by atoms with E-state index >= 15 is 0 Å². The van der Waals surface area contributed by atoms with E-state index in [2.05, 4.69) is 16.5 Å². The lowest BCUT2D eigenvalue weighted by Crippen LogP contribution is -2.14. The van der Waals surface area contributed by atoms with Crippen LogP contribution >= 0.6 is 11.3 Å². The molecule has 128 valence electrons. The molecule has 0 amide bonds. The van der Waals surface area contributed by atoms with Gasteiger partial charge >= 0.3 is 0 Å². The molecule has 2 aromatic carbocycles. The highest BCUT2D eigenvalue weighted by atomic mass is 32.1. The summed E-state index contributed by atoms with van der Waals surface area (Å²) >= 11 is 1.60. The molecule has 4 nitrogen and oxygen atoms in total. The van der Waals surface area contributed by atoms with Crippen molar-refractivity contribution in [2.75, 3.05) is 14.2 Å². The van der Waals surface area contributed by atoms with E-state index in [1.54, 1.807) is 25.6 Å². The van der Waals surface area contributed by atoms with Crippen molar-refractivity contribution in [2.45, 2.75) is 6.54 Å². The van der Waals surface area contributed by atoms with E-state index in [1.165, 1.54) is 0 Å². The van der Waals surface area contributed by atoms with Crippen LogP contribution in [0.5, 0.6) is 11.5 Å². The molecular weight excluding hydrogens is 332 g/mol. The maximum atomic E-state index is 5.40. The molecule has 3 rings (SSSR count). The third kappa shape index (κ3) is 3.67. The average Bonchev–Trinajstić information content (AvgIpc) is 3.05. The van der Waals surface area contributed by atoms with Gasteiger partial charge in [0.05, 0.1) is 19.9 Å². The Morgan fingerprint density at radius 1 is 1.08 bits per heavy atom. The molecule has 0 bridgehead atoms. The Hall–Kier alpha value is -2.79. The van der Waals surface area contributed by atoms with E-state index in [0.717, 1.165) is 33.2 Å². The van der Waals surface area contributed by atoms with Gasteiger partial charge in [0.1, 0.15) is 17.2 Å². The summed E-state index contributed by atoms with van der Waals surface area (Å²) < 4.78 is 12.8. The van der Waals surface area contributed by atoms with Gasteiger partial charge in [-0.25, -0.2) is 4.99 Å². The summed E-state index contributed by atoms with van der Waals surface area (Å²) in [4.78, 5) is 5.69. The monoisotopic (exact) mass is 352 g/mol. The van der Waals surface area contributed by atoms with Crippen molar-refractivity contribution in [3.8, 4) is 22.8 Å². The summed E-state index contributed by atoms with van der Waals surface area (Å²) in [6, 6.07) is 15.8. The fraction of sp³-hybridized carbons (Fsp3) is 0.150. The molecule has 0 fully saturated rings. The normalized spacial score (nSPS) is 11.4. The van der Waals surface area contributed by atoms with Gasteiger partial charge in [0.15, 0.2) is 4.80 Å². The Morgan fingerprint density at radius 2 is 1.84 bits per heavy atom. The van der Waals surface area contributed by atoms with Crippen molar-refractivity contribution in [3.63, 3.8) is 0 Å². The summed E-state index contributed by atoms with van der Waals surface area (Å²) in [5, 5.41) is 2.11. The van der Waals surface area contributed by atoms with Crippen LogP contribution in [0.15, 0.2) is 71.6 Å². The number of hydrogen-bond acceptors (Lipinski definition) is 4. The van der Waals surface area contributed by atoms with Crippen molar-refractivity contribution < 1.29 is 9.47 Å². The number of allylic oxidation sites excluding steroid dienone is 1. The third-order valence-electron chi connectivity index (χ3n) is 3.80. The molecule has 5 heteroatoms. The maximum absolute atomic E-state index is 5.40. The number of rotatable bonds is 6. The van der Waals surface area contributed by atoms with Gasteiger partial charge < -0.3 is 14.0 Å². The van der Waals surface area contributed by atoms with Crippen LogP contribution in [0.1, 0.15) is 0 Å². The molecule has 0 saturated heterocycles. The molecule has 0 aliphatic carbocycles. The number of ether oxygens (including phenoxy) is 2. The van der Waals surface area contributed by atoms with Crippen LogP contribution < -0.4 is 14.3 Å². The molecule has 3 aromatic rings. The third-order valence-corrected chi connectivity index (χ3v) is 4.66. The molecule has 1 aromatic heterocycles. The summed E-state index contributed by atoms with van der Waals surface area (Å²) in [5.41, 5.74) is 3.02. The Balaban J connectivity index is 2.10. The molecule has 0 spiro atoms. The second-order valence-electron chi connectivity index (χ2n) is 5.31. The fourth-order valence-corrected chi connectivity index (χ4v) is 3.47. The van der Waals surface area contributed by atoms with Gasteiger partial charge in [0.25, 0.3) is 0 Å². The molecule has 0 radical (unpaired) electrons. The standard InChI is InChI=1S/C20H20N2O2S/c1-4-13-22-18(15-9-11-16(23-2)12-10-15)14-25-20(22)21-17-7-5-6-8-19(17)24-3/h4-12,14H,1,13H2,2-3H3. The smallest absolute Gasteiger partial charge is 0.190 e. The molecule has 0 aliphatic rings. The molecule has 0 aliphatic heterocycles. The van der Waals surface area contributed by atoms with Crippen molar-refractivity contribution in [2.24, 2.45) is 4.99 Å². The number of thiazole rings is 1. The van der Waals surface area contributed by atoms with Gasteiger partial charge in [-0.2, -0.15) is 0 Å². The van der Waals surface area contributed by atoms with Gasteiger partial charge in [0.2, 0.25) is 0 Å². The van der Waals surface area contributed by atoms with Gasteiger partial charge in [-0.05, 0) is 42.0 Å². The van der Waals surface area contributed by atoms with E-state index in [-0.39, 0.29) is 0 Å². The Labute approximate surface area is 151 Å². The molecule has 25 heavy (non-hydrogen) atoms. The zero-order valence-corrected chi connectivity index (χ0v) is 15.1. The highest BCUT2D eigenvalue weighted by Crippen LogP contribution is 2.27. The second kappa shape index (κ2) is 7.85. The summed E-state index contributed by atoms with van der Waals surface area (Å²) in [7, 11) is 3.32. The zero-order valence-electron chi connectivity index (χ0n) is 14.3. The van der Waals surface area contributed by atoms with Crippen LogP contribution in [0.3, 0.4) is 0 Å². The quantitative estimate of drug-likeness (QED) is 0.605. The maximum Gasteiger partial charge on any atom is 0.190 e. The minimum Gasteiger partial charge on any atom is -0.497 e.